The second kappa shape index (κ2) is 5.22. The summed E-state index contributed by atoms with van der Waals surface area (Å²) >= 11 is 0. The lowest BCUT2D eigenvalue weighted by Crippen LogP contribution is -2.50. The number of nitrogens with zero attached hydrogens (tertiary/aromatic N) is 4. The third-order valence-corrected chi connectivity index (χ3v) is 3.91. The molecule has 3 heterocycles. The number of hydrogen-bond acceptors (Lipinski definition) is 7. The molecule has 1 aliphatic heterocycles. The Morgan fingerprint density at radius 1 is 1.39 bits per heavy atom. The third-order valence-electron chi connectivity index (χ3n) is 3.38. The van der Waals surface area contributed by atoms with Crippen LogP contribution in [0.5, 0.6) is 0 Å². The third kappa shape index (κ3) is 2.78. The van der Waals surface area contributed by atoms with Crippen molar-refractivity contribution in [2.45, 2.75) is 13.8 Å². The molecule has 0 aromatic carbocycles. The maximum atomic E-state index is 11.8. The average molecular weight is 336 g/mol. The van der Waals surface area contributed by atoms with Crippen LogP contribution in [-0.4, -0.2) is 37.5 Å². The van der Waals surface area contributed by atoms with Gasteiger partial charge in [0.25, 0.3) is 0 Å². The van der Waals surface area contributed by atoms with Gasteiger partial charge in [-0.15, -0.1) is 0 Å². The van der Waals surface area contributed by atoms with Gasteiger partial charge in [0.1, 0.15) is 6.54 Å². The fourth-order valence-electron chi connectivity index (χ4n) is 2.79. The number of aliphatic imine (C=N–C) groups is 1. The van der Waals surface area contributed by atoms with Gasteiger partial charge in [0.05, 0.1) is 11.8 Å². The van der Waals surface area contributed by atoms with Gasteiger partial charge in [0.2, 0.25) is 12.0 Å². The first-order chi connectivity index (χ1) is 10.7. The second-order valence-corrected chi connectivity index (χ2v) is 7.52. The van der Waals surface area contributed by atoms with E-state index in [2.05, 4.69) is 15.0 Å². The zero-order chi connectivity index (χ0) is 16.8. The molecule has 0 amide bonds. The highest BCUT2D eigenvalue weighted by molar-refractivity contribution is 7.86. The molecule has 1 aliphatic rings. The van der Waals surface area contributed by atoms with E-state index in [1.165, 1.54) is 6.34 Å². The molecular weight excluding hydrogens is 318 g/mol. The van der Waals surface area contributed by atoms with Crippen molar-refractivity contribution in [2.75, 3.05) is 18.5 Å². The molecule has 0 saturated carbocycles. The first-order valence-electron chi connectivity index (χ1n) is 7.11. The number of nitrogen functional groups attached to an aromatic ring is 1. The van der Waals surface area contributed by atoms with Crippen LogP contribution in [0.3, 0.4) is 0 Å². The number of hydroxylamine groups is 2. The lowest BCUT2D eigenvalue weighted by molar-refractivity contribution is 0.0352. The number of pyridine rings is 2. The van der Waals surface area contributed by atoms with Crippen molar-refractivity contribution in [3.8, 4) is 0 Å². The molecule has 1 unspecified atom stereocenters. The van der Waals surface area contributed by atoms with Gasteiger partial charge in [-0.2, -0.15) is 13.4 Å². The summed E-state index contributed by atoms with van der Waals surface area (Å²) in [5.74, 6) is 0.361. The van der Waals surface area contributed by atoms with Crippen molar-refractivity contribution in [1.29, 1.82) is 0 Å². The van der Waals surface area contributed by atoms with Gasteiger partial charge in [-0.05, 0) is 12.1 Å². The Hall–Kier alpha value is -2.10. The molecule has 2 aromatic rings. The monoisotopic (exact) mass is 336 g/mol. The molecule has 1 atom stereocenters. The van der Waals surface area contributed by atoms with Crippen LogP contribution in [0.25, 0.3) is 11.0 Å². The summed E-state index contributed by atoms with van der Waals surface area (Å²) in [5, 5.41) is 0. The number of hydrogen-bond donors (Lipinski definition) is 1. The van der Waals surface area contributed by atoms with Crippen molar-refractivity contribution in [2.24, 2.45) is 10.9 Å². The van der Waals surface area contributed by atoms with Crippen molar-refractivity contribution in [3.05, 3.63) is 18.3 Å². The van der Waals surface area contributed by atoms with Gasteiger partial charge >= 0.3 is 10.1 Å². The first-order valence-corrected chi connectivity index (χ1v) is 8.92. The highest BCUT2D eigenvalue weighted by Gasteiger charge is 2.46. The number of quaternary nitrogens is 1. The molecular formula is C14H18N5O3S+. The van der Waals surface area contributed by atoms with E-state index in [1.54, 1.807) is 18.3 Å². The van der Waals surface area contributed by atoms with Crippen LogP contribution < -0.4 is 10.4 Å². The maximum Gasteiger partial charge on any atom is 0.312 e. The van der Waals surface area contributed by atoms with Gasteiger partial charge in [-0.3, -0.25) is 0 Å². The van der Waals surface area contributed by atoms with Gasteiger partial charge in [-0.1, -0.05) is 22.8 Å². The van der Waals surface area contributed by atoms with E-state index >= 15 is 0 Å². The van der Waals surface area contributed by atoms with Gasteiger partial charge in [0, 0.05) is 12.1 Å². The first kappa shape index (κ1) is 15.8. The Morgan fingerprint density at radius 3 is 2.78 bits per heavy atom. The lowest BCUT2D eigenvalue weighted by atomic mass is 10.1. The molecule has 0 spiro atoms. The highest BCUT2D eigenvalue weighted by Crippen LogP contribution is 2.46. The molecule has 2 aromatic heterocycles. The van der Waals surface area contributed by atoms with E-state index in [0.717, 1.165) is 6.26 Å². The zero-order valence-electron chi connectivity index (χ0n) is 13.1. The van der Waals surface area contributed by atoms with Crippen molar-refractivity contribution in [3.63, 3.8) is 0 Å². The molecule has 9 heteroatoms. The smallest absolute Gasteiger partial charge is 0.312 e. The van der Waals surface area contributed by atoms with E-state index in [-0.39, 0.29) is 11.7 Å². The Morgan fingerprint density at radius 2 is 2.13 bits per heavy atom. The van der Waals surface area contributed by atoms with Gasteiger partial charge in [0.15, 0.2) is 17.0 Å². The Labute approximate surface area is 134 Å². The Bertz CT molecular complexity index is 910. The summed E-state index contributed by atoms with van der Waals surface area (Å²) in [6, 6.07) is 3.51. The summed E-state index contributed by atoms with van der Waals surface area (Å²) < 4.78 is 28.7. The quantitative estimate of drug-likeness (QED) is 0.852. The van der Waals surface area contributed by atoms with Gasteiger partial charge in [-0.25, -0.2) is 9.97 Å². The van der Waals surface area contributed by atoms with E-state index < -0.39 is 14.8 Å². The molecule has 0 radical (unpaired) electrons. The second-order valence-electron chi connectivity index (χ2n) is 5.96. The molecule has 122 valence electrons. The Kier molecular flexibility index (Phi) is 3.58. The largest absolute Gasteiger partial charge is 0.382 e. The SMILES string of the molecule is CC(C)C[N+]1(OS(C)(=O)=O)C=Nc2c(N)nc3cccnc3c21. The maximum absolute atomic E-state index is 11.8. The molecule has 23 heavy (non-hydrogen) atoms. The van der Waals surface area contributed by atoms with E-state index in [4.69, 9.17) is 10.0 Å². The van der Waals surface area contributed by atoms with Crippen LogP contribution in [0, 0.1) is 5.92 Å². The van der Waals surface area contributed by atoms with Crippen molar-refractivity contribution >= 4 is 44.7 Å². The molecule has 0 saturated heterocycles. The molecule has 0 aliphatic carbocycles. The summed E-state index contributed by atoms with van der Waals surface area (Å²) in [7, 11) is -3.74. The summed E-state index contributed by atoms with van der Waals surface area (Å²) in [5.41, 5.74) is 7.99. The summed E-state index contributed by atoms with van der Waals surface area (Å²) in [4.78, 5) is 12.9. The average Bonchev–Trinajstić information content (AvgIpc) is 2.76. The number of anilines is 1. The minimum Gasteiger partial charge on any atom is -0.382 e. The number of rotatable bonds is 4. The predicted octanol–water partition coefficient (Wildman–Crippen LogP) is 1.74. The fraction of sp³-hybridized carbons (Fsp3) is 0.357. The minimum absolute atomic E-state index is 0.141. The molecule has 8 nitrogen and oxygen atoms in total. The topological polar surface area (TPSA) is 108 Å². The van der Waals surface area contributed by atoms with Crippen LogP contribution in [-0.2, 0) is 14.4 Å². The predicted molar refractivity (Wildman–Crippen MR) is 89.5 cm³/mol. The minimum atomic E-state index is -3.74. The van der Waals surface area contributed by atoms with Crippen LogP contribution in [0.4, 0.5) is 17.2 Å². The molecule has 3 rings (SSSR count). The van der Waals surface area contributed by atoms with Crippen LogP contribution in [0.1, 0.15) is 13.8 Å². The van der Waals surface area contributed by atoms with Crippen LogP contribution in [0.2, 0.25) is 0 Å². The van der Waals surface area contributed by atoms with E-state index in [9.17, 15) is 8.42 Å². The van der Waals surface area contributed by atoms with E-state index in [0.29, 0.717) is 29.0 Å². The van der Waals surface area contributed by atoms with Gasteiger partial charge < -0.3 is 5.73 Å². The number of aromatic nitrogens is 2. The van der Waals surface area contributed by atoms with Crippen molar-refractivity contribution in [1.82, 2.24) is 14.6 Å². The summed E-state index contributed by atoms with van der Waals surface area (Å²) in [6.07, 6.45) is 4.07. The molecule has 0 bridgehead atoms. The Balaban J connectivity index is 2.33. The lowest BCUT2D eigenvalue weighted by Gasteiger charge is -2.27. The van der Waals surface area contributed by atoms with Crippen LogP contribution in [0.15, 0.2) is 23.3 Å². The van der Waals surface area contributed by atoms with E-state index in [1.807, 2.05) is 13.8 Å². The van der Waals surface area contributed by atoms with Crippen molar-refractivity contribution < 1.29 is 12.7 Å². The van der Waals surface area contributed by atoms with Crippen LogP contribution >= 0.6 is 0 Å². The normalized spacial score (nSPS) is 20.3. The molecule has 0 fully saturated rings. The number of fused-ring (bicyclic) bond motifs is 3. The standard InChI is InChI=1S/C14H18N5O3S/c1-9(2)7-19(22-23(3,20)21)8-17-12-13(19)11-10(18-14(12)15)5-4-6-16-11/h4-6,8-9H,7H2,1-3H3,(H2,15,18)/q+1. The molecule has 2 N–H and O–H groups in total. The number of nitrogens with two attached hydrogens (primary N) is 1. The zero-order valence-corrected chi connectivity index (χ0v) is 13.9. The summed E-state index contributed by atoms with van der Waals surface area (Å²) in [6.45, 7) is 4.31. The highest BCUT2D eigenvalue weighted by atomic mass is 32.2. The fourth-order valence-corrected chi connectivity index (χ4v) is 3.45.